The highest BCUT2D eigenvalue weighted by Gasteiger charge is 2.47. The van der Waals surface area contributed by atoms with Gasteiger partial charge in [-0.3, -0.25) is 24.5 Å². The van der Waals surface area contributed by atoms with Gasteiger partial charge in [0.2, 0.25) is 0 Å². The van der Waals surface area contributed by atoms with Gasteiger partial charge in [0, 0.05) is 36.0 Å². The number of hydrogen-bond acceptors (Lipinski definition) is 6. The van der Waals surface area contributed by atoms with E-state index in [9.17, 15) is 14.7 Å². The Morgan fingerprint density at radius 2 is 1.72 bits per heavy atom. The molecule has 7 nitrogen and oxygen atoms in total. The molecule has 2 aromatic heterocycles. The number of carbonyl (C=O) groups excluding carboxylic acids is 2. The van der Waals surface area contributed by atoms with Crippen molar-refractivity contribution in [3.63, 3.8) is 0 Å². The highest BCUT2D eigenvalue weighted by molar-refractivity contribution is 6.51. The molecule has 7 heteroatoms. The fourth-order valence-electron chi connectivity index (χ4n) is 3.36. The topological polar surface area (TPSA) is 92.6 Å². The zero-order chi connectivity index (χ0) is 20.4. The predicted molar refractivity (Wildman–Crippen MR) is 106 cm³/mol. The number of Topliss-reactive ketones (excluding diaryl/α,β-unsaturated/α-hetero) is 1. The Morgan fingerprint density at radius 3 is 2.34 bits per heavy atom. The van der Waals surface area contributed by atoms with Gasteiger partial charge in [0.15, 0.2) is 0 Å². The molecule has 1 aromatic carbocycles. The van der Waals surface area contributed by atoms with Crippen molar-refractivity contribution >= 4 is 23.1 Å². The summed E-state index contributed by atoms with van der Waals surface area (Å²) in [5.41, 5.74) is 1.53. The lowest BCUT2D eigenvalue weighted by Crippen LogP contribution is -2.29. The third-order valence-corrected chi connectivity index (χ3v) is 4.75. The van der Waals surface area contributed by atoms with E-state index in [1.165, 1.54) is 17.3 Å². The second-order valence-electron chi connectivity index (χ2n) is 6.39. The molecule has 0 saturated carbocycles. The van der Waals surface area contributed by atoms with Crippen LogP contribution in [0.2, 0.25) is 0 Å². The number of aliphatic hydroxyl groups is 1. The summed E-state index contributed by atoms with van der Waals surface area (Å²) in [6.45, 7) is 0. The molecular formula is C22H17N3O4. The van der Waals surface area contributed by atoms with Gasteiger partial charge >= 0.3 is 0 Å². The van der Waals surface area contributed by atoms with Crippen molar-refractivity contribution in [2.75, 3.05) is 12.0 Å². The first kappa shape index (κ1) is 18.4. The third-order valence-electron chi connectivity index (χ3n) is 4.75. The van der Waals surface area contributed by atoms with Crippen LogP contribution in [0.1, 0.15) is 17.2 Å². The molecule has 1 aliphatic heterocycles. The fraction of sp³-hybridized carbons (Fsp3) is 0.0909. The highest BCUT2D eigenvalue weighted by Crippen LogP contribution is 2.42. The van der Waals surface area contributed by atoms with Crippen LogP contribution in [-0.4, -0.2) is 33.9 Å². The number of benzene rings is 1. The number of nitrogens with zero attached hydrogens (tertiary/aromatic N) is 3. The summed E-state index contributed by atoms with van der Waals surface area (Å²) in [4.78, 5) is 35.3. The number of amides is 1. The number of aliphatic hydroxyl groups excluding tert-OH is 1. The number of methoxy groups -OCH3 is 1. The summed E-state index contributed by atoms with van der Waals surface area (Å²) >= 11 is 0. The van der Waals surface area contributed by atoms with Crippen LogP contribution < -0.4 is 9.64 Å². The van der Waals surface area contributed by atoms with E-state index in [1.54, 1.807) is 68.0 Å². The molecular weight excluding hydrogens is 370 g/mol. The van der Waals surface area contributed by atoms with Crippen molar-refractivity contribution in [2.45, 2.75) is 6.04 Å². The molecule has 1 N–H and O–H groups in total. The van der Waals surface area contributed by atoms with E-state index in [0.717, 1.165) is 0 Å². The van der Waals surface area contributed by atoms with Crippen LogP contribution in [0.3, 0.4) is 0 Å². The first-order valence-corrected chi connectivity index (χ1v) is 8.87. The van der Waals surface area contributed by atoms with Gasteiger partial charge in [0.1, 0.15) is 11.5 Å². The monoisotopic (exact) mass is 387 g/mol. The molecule has 0 aliphatic carbocycles. The second kappa shape index (κ2) is 7.55. The predicted octanol–water partition coefficient (Wildman–Crippen LogP) is 3.11. The van der Waals surface area contributed by atoms with Gasteiger partial charge in [-0.1, -0.05) is 6.07 Å². The Labute approximate surface area is 166 Å². The molecule has 1 amide bonds. The summed E-state index contributed by atoms with van der Waals surface area (Å²) in [6.07, 6.45) is 6.19. The van der Waals surface area contributed by atoms with Gasteiger partial charge in [0.25, 0.3) is 11.7 Å². The molecule has 1 unspecified atom stereocenters. The molecule has 0 bridgehead atoms. The molecule has 4 rings (SSSR count). The maximum absolute atomic E-state index is 13.0. The smallest absolute Gasteiger partial charge is 0.300 e. The van der Waals surface area contributed by atoms with Crippen LogP contribution >= 0.6 is 0 Å². The Bertz CT molecular complexity index is 1080. The van der Waals surface area contributed by atoms with Crippen molar-refractivity contribution in [1.82, 2.24) is 9.97 Å². The van der Waals surface area contributed by atoms with Crippen LogP contribution in [0.25, 0.3) is 5.76 Å². The minimum atomic E-state index is -0.815. The van der Waals surface area contributed by atoms with Crippen molar-refractivity contribution in [2.24, 2.45) is 0 Å². The first-order chi connectivity index (χ1) is 14.1. The van der Waals surface area contributed by atoms with E-state index in [2.05, 4.69) is 9.97 Å². The minimum Gasteiger partial charge on any atom is -0.507 e. The normalized spacial score (nSPS) is 18.1. The van der Waals surface area contributed by atoms with Gasteiger partial charge in [0.05, 0.1) is 18.7 Å². The van der Waals surface area contributed by atoms with E-state index < -0.39 is 17.7 Å². The van der Waals surface area contributed by atoms with E-state index in [4.69, 9.17) is 4.74 Å². The number of carbonyl (C=O) groups is 2. The number of aromatic nitrogens is 2. The van der Waals surface area contributed by atoms with Crippen molar-refractivity contribution in [3.05, 3.63) is 90.0 Å². The Balaban J connectivity index is 1.91. The number of hydrogen-bond donors (Lipinski definition) is 1. The molecule has 3 aromatic rings. The van der Waals surface area contributed by atoms with E-state index >= 15 is 0 Å². The molecule has 1 saturated heterocycles. The summed E-state index contributed by atoms with van der Waals surface area (Å²) in [6, 6.07) is 12.6. The quantitative estimate of drug-likeness (QED) is 0.420. The van der Waals surface area contributed by atoms with E-state index in [-0.39, 0.29) is 11.3 Å². The van der Waals surface area contributed by atoms with Crippen molar-refractivity contribution < 1.29 is 19.4 Å². The molecule has 1 fully saturated rings. The van der Waals surface area contributed by atoms with Crippen LogP contribution in [0, 0.1) is 0 Å². The molecule has 1 atom stereocenters. The maximum Gasteiger partial charge on any atom is 0.300 e. The lowest BCUT2D eigenvalue weighted by atomic mass is 9.96. The minimum absolute atomic E-state index is 0.00465. The first-order valence-electron chi connectivity index (χ1n) is 8.87. The SMILES string of the molecule is COc1ccc(N2C(=O)C(=O)/C(=C(\O)c3ccncc3)C2c2cccnc2)cc1. The van der Waals surface area contributed by atoms with Crippen LogP contribution in [0.5, 0.6) is 5.75 Å². The number of pyridine rings is 2. The van der Waals surface area contributed by atoms with E-state index in [0.29, 0.717) is 22.6 Å². The lowest BCUT2D eigenvalue weighted by Gasteiger charge is -2.25. The molecule has 1 aliphatic rings. The van der Waals surface area contributed by atoms with E-state index in [1.807, 2.05) is 0 Å². The molecule has 0 spiro atoms. The van der Waals surface area contributed by atoms with Gasteiger partial charge in [-0.2, -0.15) is 0 Å². The van der Waals surface area contributed by atoms with Crippen LogP contribution in [-0.2, 0) is 9.59 Å². The Kier molecular flexibility index (Phi) is 4.78. The number of rotatable bonds is 4. The zero-order valence-electron chi connectivity index (χ0n) is 15.5. The average Bonchev–Trinajstić information content (AvgIpc) is 3.05. The second-order valence-corrected chi connectivity index (χ2v) is 6.39. The zero-order valence-corrected chi connectivity index (χ0v) is 15.5. The van der Waals surface area contributed by atoms with Crippen LogP contribution in [0.4, 0.5) is 5.69 Å². The number of ketones is 1. The standard InChI is InChI=1S/C22H17N3O4/c1-29-17-6-4-16(5-7-17)25-19(15-3-2-10-24-13-15)18(21(27)22(25)28)20(26)14-8-11-23-12-9-14/h2-13,19,26H,1H3/b20-18-. The van der Waals surface area contributed by atoms with Gasteiger partial charge in [-0.25, -0.2) is 0 Å². The summed E-state index contributed by atoms with van der Waals surface area (Å²) in [7, 11) is 1.55. The van der Waals surface area contributed by atoms with Gasteiger partial charge < -0.3 is 9.84 Å². The fourth-order valence-corrected chi connectivity index (χ4v) is 3.36. The Hall–Kier alpha value is -4.00. The molecule has 29 heavy (non-hydrogen) atoms. The van der Waals surface area contributed by atoms with Crippen molar-refractivity contribution in [1.29, 1.82) is 0 Å². The van der Waals surface area contributed by atoms with Crippen LogP contribution in [0.15, 0.2) is 78.9 Å². The lowest BCUT2D eigenvalue weighted by molar-refractivity contribution is -0.132. The maximum atomic E-state index is 13.0. The average molecular weight is 387 g/mol. The molecule has 0 radical (unpaired) electrons. The summed E-state index contributed by atoms with van der Waals surface area (Å²) in [5, 5.41) is 10.9. The molecule has 3 heterocycles. The Morgan fingerprint density at radius 1 is 1.00 bits per heavy atom. The number of anilines is 1. The van der Waals surface area contributed by atoms with Gasteiger partial charge in [-0.05, 0) is 48.0 Å². The number of ether oxygens (including phenoxy) is 1. The highest BCUT2D eigenvalue weighted by atomic mass is 16.5. The molecule has 144 valence electrons. The summed E-state index contributed by atoms with van der Waals surface area (Å²) < 4.78 is 5.17. The van der Waals surface area contributed by atoms with Gasteiger partial charge in [-0.15, -0.1) is 0 Å². The summed E-state index contributed by atoms with van der Waals surface area (Å²) in [5.74, 6) is -1.11. The largest absolute Gasteiger partial charge is 0.507 e. The third kappa shape index (κ3) is 3.23. The van der Waals surface area contributed by atoms with Crippen molar-refractivity contribution in [3.8, 4) is 5.75 Å².